The van der Waals surface area contributed by atoms with Crippen LogP contribution in [0.15, 0.2) is 42.6 Å². The molecular weight excluding hydrogens is 321 g/mol. The first-order chi connectivity index (χ1) is 12.1. The van der Waals surface area contributed by atoms with E-state index >= 15 is 0 Å². The highest BCUT2D eigenvalue weighted by atomic mass is 19.1. The van der Waals surface area contributed by atoms with Gasteiger partial charge in [-0.25, -0.2) is 9.37 Å². The fourth-order valence-electron chi connectivity index (χ4n) is 2.99. The number of hydrogen-bond acceptors (Lipinski definition) is 4. The van der Waals surface area contributed by atoms with Crippen LogP contribution in [0.3, 0.4) is 0 Å². The maximum absolute atomic E-state index is 13.8. The zero-order valence-corrected chi connectivity index (χ0v) is 14.2. The Labute approximate surface area is 146 Å². The van der Waals surface area contributed by atoms with Crippen LogP contribution in [0.2, 0.25) is 0 Å². The van der Waals surface area contributed by atoms with Crippen molar-refractivity contribution in [2.75, 3.05) is 13.6 Å². The Morgan fingerprint density at radius 1 is 1.32 bits per heavy atom. The minimum Gasteiger partial charge on any atom is -0.436 e. The third-order valence-electron chi connectivity index (χ3n) is 4.42. The molecule has 0 aliphatic carbocycles. The number of likely N-dealkylation sites (N-methyl/N-ethyl adjacent to an activating group) is 1. The lowest BCUT2D eigenvalue weighted by Crippen LogP contribution is -2.47. The van der Waals surface area contributed by atoms with E-state index in [2.05, 4.69) is 15.2 Å². The van der Waals surface area contributed by atoms with Gasteiger partial charge in [-0.1, -0.05) is 24.6 Å². The Kier molecular flexibility index (Phi) is 5.60. The molecule has 1 aromatic heterocycles. The highest BCUT2D eigenvalue weighted by molar-refractivity contribution is 5.81. The summed E-state index contributed by atoms with van der Waals surface area (Å²) in [5, 5.41) is 2.95. The number of piperidine rings is 1. The number of amides is 1. The van der Waals surface area contributed by atoms with Crippen molar-refractivity contribution in [3.63, 3.8) is 0 Å². The van der Waals surface area contributed by atoms with Crippen molar-refractivity contribution in [2.24, 2.45) is 0 Å². The van der Waals surface area contributed by atoms with Crippen LogP contribution in [0.25, 0.3) is 0 Å². The van der Waals surface area contributed by atoms with Gasteiger partial charge in [-0.2, -0.15) is 0 Å². The van der Waals surface area contributed by atoms with Crippen molar-refractivity contribution in [1.82, 2.24) is 15.2 Å². The van der Waals surface area contributed by atoms with Gasteiger partial charge in [0.05, 0.1) is 6.04 Å². The van der Waals surface area contributed by atoms with Gasteiger partial charge in [0, 0.05) is 18.3 Å². The molecule has 0 radical (unpaired) electrons. The Morgan fingerprint density at radius 2 is 2.16 bits per heavy atom. The van der Waals surface area contributed by atoms with E-state index < -0.39 is 5.82 Å². The molecule has 3 rings (SSSR count). The van der Waals surface area contributed by atoms with Gasteiger partial charge >= 0.3 is 0 Å². The van der Waals surface area contributed by atoms with Gasteiger partial charge in [0.25, 0.3) is 0 Å². The van der Waals surface area contributed by atoms with Crippen molar-refractivity contribution in [1.29, 1.82) is 0 Å². The van der Waals surface area contributed by atoms with Crippen LogP contribution in [-0.2, 0) is 11.3 Å². The monoisotopic (exact) mass is 343 g/mol. The minimum absolute atomic E-state index is 0.00268. The third kappa shape index (κ3) is 4.33. The zero-order valence-electron chi connectivity index (χ0n) is 14.2. The van der Waals surface area contributed by atoms with E-state index in [-0.39, 0.29) is 17.7 Å². The number of rotatable bonds is 5. The molecule has 1 aromatic carbocycles. The summed E-state index contributed by atoms with van der Waals surface area (Å²) in [6.07, 6.45) is 4.64. The first-order valence-corrected chi connectivity index (χ1v) is 8.49. The van der Waals surface area contributed by atoms with Gasteiger partial charge in [0.1, 0.15) is 0 Å². The fourth-order valence-corrected chi connectivity index (χ4v) is 2.99. The number of hydrogen-bond donors (Lipinski definition) is 1. The molecule has 0 saturated carbocycles. The second-order valence-electron chi connectivity index (χ2n) is 6.21. The van der Waals surface area contributed by atoms with Crippen LogP contribution in [-0.4, -0.2) is 35.4 Å². The summed E-state index contributed by atoms with van der Waals surface area (Å²) in [4.78, 5) is 18.7. The number of benzene rings is 1. The molecule has 2 aromatic rings. The molecule has 0 spiro atoms. The average molecular weight is 343 g/mol. The topological polar surface area (TPSA) is 54.5 Å². The number of aromatic nitrogens is 1. The number of likely N-dealkylation sites (tertiary alicyclic amines) is 1. The number of para-hydroxylation sites is 1. The second kappa shape index (κ2) is 8.07. The lowest BCUT2D eigenvalue weighted by atomic mass is 10.0. The number of carbonyl (C=O) groups excluding carboxylic acids is 1. The maximum Gasteiger partial charge on any atom is 0.237 e. The lowest BCUT2D eigenvalue weighted by Gasteiger charge is -2.31. The van der Waals surface area contributed by atoms with E-state index in [0.29, 0.717) is 18.0 Å². The molecule has 1 aliphatic rings. The van der Waals surface area contributed by atoms with Crippen LogP contribution >= 0.6 is 0 Å². The molecule has 0 unspecified atom stereocenters. The number of ether oxygens (including phenoxy) is 1. The van der Waals surface area contributed by atoms with Crippen molar-refractivity contribution < 1.29 is 13.9 Å². The Balaban J connectivity index is 1.67. The Morgan fingerprint density at radius 3 is 2.96 bits per heavy atom. The predicted molar refractivity (Wildman–Crippen MR) is 92.8 cm³/mol. The molecule has 1 amide bonds. The molecule has 5 nitrogen and oxygen atoms in total. The summed E-state index contributed by atoms with van der Waals surface area (Å²) in [7, 11) is 1.97. The molecule has 0 bridgehead atoms. The first-order valence-electron chi connectivity index (χ1n) is 8.49. The predicted octanol–water partition coefficient (Wildman–Crippen LogP) is 3.11. The number of carbonyl (C=O) groups is 1. The van der Waals surface area contributed by atoms with E-state index in [1.807, 2.05) is 13.1 Å². The molecule has 132 valence electrons. The summed E-state index contributed by atoms with van der Waals surface area (Å²) in [5.74, 6) is -0.0412. The average Bonchev–Trinajstić information content (AvgIpc) is 2.63. The van der Waals surface area contributed by atoms with E-state index in [0.717, 1.165) is 25.8 Å². The molecule has 1 fully saturated rings. The van der Waals surface area contributed by atoms with E-state index in [4.69, 9.17) is 4.74 Å². The van der Waals surface area contributed by atoms with E-state index in [1.54, 1.807) is 30.5 Å². The number of halogens is 1. The maximum atomic E-state index is 13.8. The standard InChI is InChI=1S/C19H22FN3O2/c1-23-12-5-4-9-16(23)18(24)22-13-14-7-6-11-21-19(14)25-17-10-3-2-8-15(17)20/h2-3,6-8,10-11,16H,4-5,9,12-13H2,1H3,(H,22,24)/t16-/m1/s1. The molecule has 2 heterocycles. The van der Waals surface area contributed by atoms with Crippen LogP contribution in [0.1, 0.15) is 24.8 Å². The summed E-state index contributed by atoms with van der Waals surface area (Å²) < 4.78 is 19.4. The molecule has 6 heteroatoms. The molecule has 1 atom stereocenters. The van der Waals surface area contributed by atoms with Gasteiger partial charge in [-0.15, -0.1) is 0 Å². The molecule has 1 N–H and O–H groups in total. The quantitative estimate of drug-likeness (QED) is 0.906. The number of nitrogens with one attached hydrogen (secondary N) is 1. The van der Waals surface area contributed by atoms with Crippen LogP contribution in [0.5, 0.6) is 11.6 Å². The van der Waals surface area contributed by atoms with Gasteiger partial charge in [0.2, 0.25) is 11.8 Å². The Hall–Kier alpha value is -2.47. The van der Waals surface area contributed by atoms with Gasteiger partial charge in [-0.3, -0.25) is 9.69 Å². The summed E-state index contributed by atoms with van der Waals surface area (Å²) in [6, 6.07) is 9.66. The van der Waals surface area contributed by atoms with Crippen molar-refractivity contribution in [3.05, 3.63) is 54.0 Å². The van der Waals surface area contributed by atoms with Gasteiger partial charge in [0.15, 0.2) is 11.6 Å². The SMILES string of the molecule is CN1CCCC[C@@H]1C(=O)NCc1cccnc1Oc1ccccc1F. The lowest BCUT2D eigenvalue weighted by molar-refractivity contribution is -0.127. The summed E-state index contributed by atoms with van der Waals surface area (Å²) >= 11 is 0. The van der Waals surface area contributed by atoms with Crippen molar-refractivity contribution in [2.45, 2.75) is 31.8 Å². The highest BCUT2D eigenvalue weighted by Crippen LogP contribution is 2.25. The molecule has 1 aliphatic heterocycles. The number of pyridine rings is 1. The second-order valence-corrected chi connectivity index (χ2v) is 6.21. The van der Waals surface area contributed by atoms with Crippen LogP contribution in [0.4, 0.5) is 4.39 Å². The van der Waals surface area contributed by atoms with Gasteiger partial charge < -0.3 is 10.1 Å². The number of nitrogens with zero attached hydrogens (tertiary/aromatic N) is 2. The largest absolute Gasteiger partial charge is 0.436 e. The highest BCUT2D eigenvalue weighted by Gasteiger charge is 2.25. The molecular formula is C19H22FN3O2. The van der Waals surface area contributed by atoms with Crippen molar-refractivity contribution in [3.8, 4) is 11.6 Å². The van der Waals surface area contributed by atoms with Crippen LogP contribution in [0, 0.1) is 5.82 Å². The fraction of sp³-hybridized carbons (Fsp3) is 0.368. The van der Waals surface area contributed by atoms with Gasteiger partial charge in [-0.05, 0) is 44.6 Å². The summed E-state index contributed by atoms with van der Waals surface area (Å²) in [5.41, 5.74) is 0.706. The zero-order chi connectivity index (χ0) is 17.6. The third-order valence-corrected chi connectivity index (χ3v) is 4.42. The van der Waals surface area contributed by atoms with Crippen LogP contribution < -0.4 is 10.1 Å². The smallest absolute Gasteiger partial charge is 0.237 e. The minimum atomic E-state index is -0.452. The normalized spacial score (nSPS) is 17.9. The molecule has 25 heavy (non-hydrogen) atoms. The van der Waals surface area contributed by atoms with E-state index in [1.165, 1.54) is 6.07 Å². The Bertz CT molecular complexity index is 738. The molecule has 1 saturated heterocycles. The summed E-state index contributed by atoms with van der Waals surface area (Å²) in [6.45, 7) is 1.23. The van der Waals surface area contributed by atoms with Crippen molar-refractivity contribution >= 4 is 5.91 Å². The first kappa shape index (κ1) is 17.4. The van der Waals surface area contributed by atoms with E-state index in [9.17, 15) is 9.18 Å².